The van der Waals surface area contributed by atoms with E-state index in [4.69, 9.17) is 4.43 Å². The van der Waals surface area contributed by atoms with Crippen molar-refractivity contribution in [2.45, 2.75) is 25.9 Å². The van der Waals surface area contributed by atoms with Gasteiger partial charge in [0.15, 0.2) is 17.5 Å². The lowest BCUT2D eigenvalue weighted by Gasteiger charge is -2.23. The molecule has 0 fully saturated rings. The third-order valence-corrected chi connectivity index (χ3v) is 3.33. The third-order valence-electron chi connectivity index (χ3n) is 2.23. The Kier molecular flexibility index (Phi) is 3.57. The third kappa shape index (κ3) is 3.07. The van der Waals surface area contributed by atoms with E-state index in [1.807, 2.05) is 13.8 Å². The van der Waals surface area contributed by atoms with Crippen LogP contribution >= 0.6 is 0 Å². The molecular formula is C10H13F3OSi. The van der Waals surface area contributed by atoms with E-state index in [2.05, 4.69) is 0 Å². The molecule has 1 rings (SSSR count). The predicted molar refractivity (Wildman–Crippen MR) is 55.1 cm³/mol. The molecule has 0 aliphatic heterocycles. The Hall–Kier alpha value is -0.813. The average molecular weight is 234 g/mol. The van der Waals surface area contributed by atoms with Crippen LogP contribution in [0, 0.1) is 17.5 Å². The highest BCUT2D eigenvalue weighted by atomic mass is 28.2. The van der Waals surface area contributed by atoms with E-state index < -0.39 is 23.1 Å². The Balaban J connectivity index is 2.98. The molecule has 0 atom stereocenters. The largest absolute Gasteiger partial charge is 0.423 e. The van der Waals surface area contributed by atoms with Crippen molar-refractivity contribution >= 4 is 10.5 Å². The van der Waals surface area contributed by atoms with Crippen molar-refractivity contribution in [2.75, 3.05) is 0 Å². The molecule has 0 spiro atoms. The SMILES string of the molecule is CC(C)(Cc1cc(F)c(F)c(F)c1)O[SiH3]. The summed E-state index contributed by atoms with van der Waals surface area (Å²) >= 11 is 0. The summed E-state index contributed by atoms with van der Waals surface area (Å²) in [6.45, 7) is 3.64. The van der Waals surface area contributed by atoms with Crippen LogP contribution in [0.5, 0.6) is 0 Å². The summed E-state index contributed by atoms with van der Waals surface area (Å²) in [4.78, 5) is 0. The average Bonchev–Trinajstić information content (AvgIpc) is 2.13. The molecule has 0 amide bonds. The highest BCUT2D eigenvalue weighted by Gasteiger charge is 2.19. The van der Waals surface area contributed by atoms with Gasteiger partial charge in [-0.2, -0.15) is 0 Å². The molecule has 15 heavy (non-hydrogen) atoms. The molecule has 0 unspecified atom stereocenters. The molecule has 0 aliphatic carbocycles. The van der Waals surface area contributed by atoms with Crippen molar-refractivity contribution < 1.29 is 17.6 Å². The van der Waals surface area contributed by atoms with E-state index in [1.165, 1.54) is 0 Å². The molecule has 0 saturated carbocycles. The molecule has 84 valence electrons. The van der Waals surface area contributed by atoms with Crippen LogP contribution in [-0.4, -0.2) is 16.1 Å². The lowest BCUT2D eigenvalue weighted by molar-refractivity contribution is 0.124. The molecule has 0 saturated heterocycles. The zero-order valence-electron chi connectivity index (χ0n) is 8.90. The van der Waals surface area contributed by atoms with Gasteiger partial charge in [0.05, 0.1) is 5.60 Å². The maximum Gasteiger partial charge on any atom is 0.194 e. The summed E-state index contributed by atoms with van der Waals surface area (Å²) in [5.74, 6) is -3.74. The van der Waals surface area contributed by atoms with Crippen LogP contribution in [0.25, 0.3) is 0 Å². The van der Waals surface area contributed by atoms with Crippen LogP contribution in [0.2, 0.25) is 0 Å². The molecule has 1 nitrogen and oxygen atoms in total. The second-order valence-corrected chi connectivity index (χ2v) is 4.42. The van der Waals surface area contributed by atoms with Gasteiger partial charge in [0.2, 0.25) is 0 Å². The van der Waals surface area contributed by atoms with Crippen LogP contribution < -0.4 is 0 Å². The first-order chi connectivity index (χ1) is 6.85. The Labute approximate surface area is 89.8 Å². The quantitative estimate of drug-likeness (QED) is 0.571. The molecular weight excluding hydrogens is 221 g/mol. The van der Waals surface area contributed by atoms with Gasteiger partial charge in [0.1, 0.15) is 10.5 Å². The van der Waals surface area contributed by atoms with Crippen molar-refractivity contribution in [2.24, 2.45) is 0 Å². The highest BCUT2D eigenvalue weighted by Crippen LogP contribution is 2.19. The van der Waals surface area contributed by atoms with Crippen molar-refractivity contribution in [1.82, 2.24) is 0 Å². The first-order valence-electron chi connectivity index (χ1n) is 4.54. The van der Waals surface area contributed by atoms with E-state index in [1.54, 1.807) is 0 Å². The lowest BCUT2D eigenvalue weighted by Crippen LogP contribution is -2.26. The molecule has 0 radical (unpaired) electrons. The Morgan fingerprint density at radius 1 is 1.20 bits per heavy atom. The maximum absolute atomic E-state index is 12.9. The van der Waals surface area contributed by atoms with Gasteiger partial charge in [-0.3, -0.25) is 0 Å². The Morgan fingerprint density at radius 3 is 2.07 bits per heavy atom. The number of rotatable bonds is 3. The van der Waals surface area contributed by atoms with E-state index in [9.17, 15) is 13.2 Å². The monoisotopic (exact) mass is 234 g/mol. The minimum atomic E-state index is -1.43. The second-order valence-electron chi connectivity index (χ2n) is 4.01. The van der Waals surface area contributed by atoms with Gasteiger partial charge < -0.3 is 4.43 Å². The van der Waals surface area contributed by atoms with Gasteiger partial charge in [0.25, 0.3) is 0 Å². The maximum atomic E-state index is 12.9. The molecule has 0 N–H and O–H groups in total. The zero-order chi connectivity index (χ0) is 11.6. The van der Waals surface area contributed by atoms with Gasteiger partial charge in [-0.1, -0.05) is 0 Å². The first kappa shape index (κ1) is 12.3. The van der Waals surface area contributed by atoms with Crippen LogP contribution in [0.15, 0.2) is 12.1 Å². The summed E-state index contributed by atoms with van der Waals surface area (Å²) in [6, 6.07) is 2.00. The van der Waals surface area contributed by atoms with E-state index >= 15 is 0 Å². The minimum Gasteiger partial charge on any atom is -0.423 e. The zero-order valence-corrected chi connectivity index (χ0v) is 10.9. The Morgan fingerprint density at radius 2 is 1.67 bits per heavy atom. The van der Waals surface area contributed by atoms with Crippen molar-refractivity contribution in [1.29, 1.82) is 0 Å². The van der Waals surface area contributed by atoms with Crippen LogP contribution in [0.1, 0.15) is 19.4 Å². The number of hydrogen-bond acceptors (Lipinski definition) is 1. The molecule has 5 heteroatoms. The summed E-state index contributed by atoms with van der Waals surface area (Å²) in [6.07, 6.45) is 0.352. The topological polar surface area (TPSA) is 9.23 Å². The summed E-state index contributed by atoms with van der Waals surface area (Å²) in [5.41, 5.74) is -0.0737. The highest BCUT2D eigenvalue weighted by molar-refractivity contribution is 5.98. The smallest absolute Gasteiger partial charge is 0.194 e. The van der Waals surface area contributed by atoms with Crippen molar-refractivity contribution in [3.05, 3.63) is 35.1 Å². The number of halogens is 3. The Bertz CT molecular complexity index is 343. The van der Waals surface area contributed by atoms with Crippen LogP contribution in [0.3, 0.4) is 0 Å². The lowest BCUT2D eigenvalue weighted by atomic mass is 9.98. The molecule has 1 aromatic carbocycles. The summed E-state index contributed by atoms with van der Waals surface area (Å²) < 4.78 is 43.6. The molecule has 0 heterocycles. The van der Waals surface area contributed by atoms with Crippen LogP contribution in [0.4, 0.5) is 13.2 Å². The van der Waals surface area contributed by atoms with Crippen molar-refractivity contribution in [3.63, 3.8) is 0 Å². The van der Waals surface area contributed by atoms with Gasteiger partial charge in [-0.15, -0.1) is 0 Å². The molecule has 0 aliphatic rings. The summed E-state index contributed by atoms with van der Waals surface area (Å²) in [7, 11) is 0.541. The number of hydrogen-bond donors (Lipinski definition) is 0. The molecule has 1 aromatic rings. The fraction of sp³-hybridized carbons (Fsp3) is 0.400. The van der Waals surface area contributed by atoms with Gasteiger partial charge in [-0.25, -0.2) is 13.2 Å². The van der Waals surface area contributed by atoms with E-state index in [0.717, 1.165) is 12.1 Å². The summed E-state index contributed by atoms with van der Waals surface area (Å²) in [5, 5.41) is 0. The van der Waals surface area contributed by atoms with Crippen LogP contribution in [-0.2, 0) is 10.8 Å². The molecule has 0 bridgehead atoms. The fourth-order valence-corrected chi connectivity index (χ4v) is 1.42. The number of benzene rings is 1. The van der Waals surface area contributed by atoms with E-state index in [-0.39, 0.29) is 0 Å². The standard InChI is InChI=1S/C10H13F3OSi/c1-10(2,14-15)5-6-3-7(11)9(13)8(12)4-6/h3-4H,5H2,1-2,15H3. The fourth-order valence-electron chi connectivity index (χ4n) is 1.27. The van der Waals surface area contributed by atoms with Gasteiger partial charge in [-0.05, 0) is 38.0 Å². The van der Waals surface area contributed by atoms with Gasteiger partial charge >= 0.3 is 0 Å². The minimum absolute atomic E-state index is 0.352. The normalized spacial score (nSPS) is 12.1. The predicted octanol–water partition coefficient (Wildman–Crippen LogP) is 1.72. The van der Waals surface area contributed by atoms with Crippen molar-refractivity contribution in [3.8, 4) is 0 Å². The second kappa shape index (κ2) is 4.36. The van der Waals surface area contributed by atoms with E-state index in [0.29, 0.717) is 22.5 Å². The molecule has 0 aromatic heterocycles. The first-order valence-corrected chi connectivity index (χ1v) is 5.36. The van der Waals surface area contributed by atoms with Gasteiger partial charge in [0, 0.05) is 0 Å².